The fourth-order valence-corrected chi connectivity index (χ4v) is 5.12. The number of rotatable bonds is 3. The number of thiazole rings is 1. The molecule has 0 bridgehead atoms. The van der Waals surface area contributed by atoms with Crippen LogP contribution in [-0.2, 0) is 21.4 Å². The van der Waals surface area contributed by atoms with E-state index in [1.807, 2.05) is 12.1 Å². The molecule has 4 amide bonds. The van der Waals surface area contributed by atoms with Crippen molar-refractivity contribution in [1.29, 1.82) is 0 Å². The molecule has 1 unspecified atom stereocenters. The number of aromatic nitrogens is 1. The van der Waals surface area contributed by atoms with Crippen molar-refractivity contribution in [3.63, 3.8) is 0 Å². The molecule has 0 radical (unpaired) electrons. The summed E-state index contributed by atoms with van der Waals surface area (Å²) in [4.78, 5) is 46.3. The van der Waals surface area contributed by atoms with E-state index < -0.39 is 5.41 Å². The highest BCUT2D eigenvalue weighted by atomic mass is 35.5. The first kappa shape index (κ1) is 22.3. The average Bonchev–Trinajstić information content (AvgIpc) is 3.46. The van der Waals surface area contributed by atoms with Gasteiger partial charge in [0.15, 0.2) is 5.13 Å². The molecule has 9 nitrogen and oxygen atoms in total. The van der Waals surface area contributed by atoms with Gasteiger partial charge in [-0.3, -0.25) is 15.0 Å². The van der Waals surface area contributed by atoms with Gasteiger partial charge in [0.2, 0.25) is 5.91 Å². The normalized spacial score (nSPS) is 19.2. The number of urea groups is 1. The second kappa shape index (κ2) is 8.59. The molecular weight excluding hydrogens is 454 g/mol. The average molecular weight is 478 g/mol. The number of likely N-dealkylation sites (tertiary alicyclic amines) is 1. The van der Waals surface area contributed by atoms with Crippen LogP contribution in [0.1, 0.15) is 17.7 Å². The van der Waals surface area contributed by atoms with Crippen LogP contribution in [0.25, 0.3) is 0 Å². The van der Waals surface area contributed by atoms with Crippen molar-refractivity contribution in [2.75, 3.05) is 51.1 Å². The standard InChI is InChI=1S/C21H24ClN5O4S/c1-25(2)17(28)9-14-10-32-18(23-14)24-19(29)27-12-21(6-7-26(11-21)20(30)31-3)15-8-13(22)4-5-16(15)27/h4-5,8,10H,6-7,9,11-12H2,1-3H3,(H,23,24,29). The van der Waals surface area contributed by atoms with Crippen LogP contribution in [0.3, 0.4) is 0 Å². The summed E-state index contributed by atoms with van der Waals surface area (Å²) in [5.74, 6) is -0.0585. The third-order valence-electron chi connectivity index (χ3n) is 5.91. The Morgan fingerprint density at radius 3 is 2.81 bits per heavy atom. The highest BCUT2D eigenvalue weighted by molar-refractivity contribution is 7.14. The van der Waals surface area contributed by atoms with E-state index in [1.165, 1.54) is 23.3 Å². The molecular formula is C21H24ClN5O4S. The summed E-state index contributed by atoms with van der Waals surface area (Å²) >= 11 is 7.55. The van der Waals surface area contributed by atoms with Gasteiger partial charge in [0, 0.05) is 55.2 Å². The minimum atomic E-state index is -0.405. The zero-order valence-electron chi connectivity index (χ0n) is 18.1. The number of nitrogens with one attached hydrogen (secondary N) is 1. The van der Waals surface area contributed by atoms with Crippen molar-refractivity contribution in [2.45, 2.75) is 18.3 Å². The Labute approximate surface area is 194 Å². The number of fused-ring (bicyclic) bond motifs is 2. The molecule has 2 aliphatic rings. The fraction of sp³-hybridized carbons (Fsp3) is 0.429. The fourth-order valence-electron chi connectivity index (χ4n) is 4.25. The zero-order valence-corrected chi connectivity index (χ0v) is 19.6. The summed E-state index contributed by atoms with van der Waals surface area (Å²) in [5, 5.41) is 5.62. The van der Waals surface area contributed by atoms with Gasteiger partial charge < -0.3 is 14.5 Å². The van der Waals surface area contributed by atoms with Crippen LogP contribution in [0.5, 0.6) is 0 Å². The first-order chi connectivity index (χ1) is 15.2. The molecule has 1 spiro atoms. The lowest BCUT2D eigenvalue weighted by atomic mass is 9.81. The first-order valence-corrected chi connectivity index (χ1v) is 11.3. The Morgan fingerprint density at radius 1 is 1.31 bits per heavy atom. The van der Waals surface area contributed by atoms with Gasteiger partial charge in [0.05, 0.1) is 19.2 Å². The third kappa shape index (κ3) is 4.12. The van der Waals surface area contributed by atoms with Crippen molar-refractivity contribution < 1.29 is 19.1 Å². The van der Waals surface area contributed by atoms with E-state index in [1.54, 1.807) is 35.3 Å². The summed E-state index contributed by atoms with van der Waals surface area (Å²) in [7, 11) is 4.74. The lowest BCUT2D eigenvalue weighted by Crippen LogP contribution is -2.41. The van der Waals surface area contributed by atoms with E-state index in [-0.39, 0.29) is 24.5 Å². The number of ether oxygens (including phenoxy) is 1. The third-order valence-corrected chi connectivity index (χ3v) is 6.95. The maximum absolute atomic E-state index is 13.2. The largest absolute Gasteiger partial charge is 0.453 e. The number of hydrogen-bond acceptors (Lipinski definition) is 6. The molecule has 2 aliphatic heterocycles. The maximum atomic E-state index is 13.2. The molecule has 0 saturated carbocycles. The molecule has 1 N–H and O–H groups in total. The molecule has 170 valence electrons. The zero-order chi connectivity index (χ0) is 23.0. The quantitative estimate of drug-likeness (QED) is 0.732. The SMILES string of the molecule is COC(=O)N1CCC2(C1)CN(C(=O)Nc1nc(CC(=O)N(C)C)cs1)c1ccc(Cl)cc12. The number of hydrogen-bond donors (Lipinski definition) is 1. The number of halogens is 1. The van der Waals surface area contributed by atoms with E-state index in [0.29, 0.717) is 41.9 Å². The van der Waals surface area contributed by atoms with Gasteiger partial charge in [-0.15, -0.1) is 11.3 Å². The number of nitrogens with zero attached hydrogens (tertiary/aromatic N) is 4. The Morgan fingerprint density at radius 2 is 2.09 bits per heavy atom. The second-order valence-corrected chi connectivity index (χ2v) is 9.50. The molecule has 3 heterocycles. The number of amides is 4. The van der Waals surface area contributed by atoms with E-state index in [0.717, 1.165) is 11.3 Å². The van der Waals surface area contributed by atoms with Gasteiger partial charge in [0.1, 0.15) is 0 Å². The van der Waals surface area contributed by atoms with E-state index in [2.05, 4.69) is 10.3 Å². The predicted molar refractivity (Wildman–Crippen MR) is 123 cm³/mol. The van der Waals surface area contributed by atoms with Crippen LogP contribution < -0.4 is 10.2 Å². The molecule has 32 heavy (non-hydrogen) atoms. The lowest BCUT2D eigenvalue weighted by molar-refractivity contribution is -0.128. The van der Waals surface area contributed by atoms with Crippen molar-refractivity contribution >= 4 is 51.8 Å². The summed E-state index contributed by atoms with van der Waals surface area (Å²) in [6.07, 6.45) is 0.500. The lowest BCUT2D eigenvalue weighted by Gasteiger charge is -2.25. The van der Waals surface area contributed by atoms with Crippen LogP contribution in [0.2, 0.25) is 5.02 Å². The van der Waals surface area contributed by atoms with Gasteiger partial charge in [0.25, 0.3) is 0 Å². The summed E-state index contributed by atoms with van der Waals surface area (Å²) in [5.41, 5.74) is 1.91. The number of benzene rings is 1. The molecule has 1 aromatic carbocycles. The minimum Gasteiger partial charge on any atom is -0.453 e. The Hall–Kier alpha value is -2.85. The maximum Gasteiger partial charge on any atom is 0.409 e. The van der Waals surface area contributed by atoms with Crippen molar-refractivity contribution in [1.82, 2.24) is 14.8 Å². The van der Waals surface area contributed by atoms with Gasteiger partial charge in [-0.2, -0.15) is 0 Å². The summed E-state index contributed by atoms with van der Waals surface area (Å²) < 4.78 is 4.88. The van der Waals surface area contributed by atoms with E-state index in [4.69, 9.17) is 16.3 Å². The summed E-state index contributed by atoms with van der Waals surface area (Å²) in [6.45, 7) is 1.41. The van der Waals surface area contributed by atoms with Crippen LogP contribution >= 0.6 is 22.9 Å². The Kier molecular flexibility index (Phi) is 6.00. The molecule has 2 aromatic rings. The molecule has 1 atom stereocenters. The minimum absolute atomic E-state index is 0.0585. The molecule has 4 rings (SSSR count). The summed E-state index contributed by atoms with van der Waals surface area (Å²) in [6, 6.07) is 5.14. The molecule has 1 saturated heterocycles. The highest BCUT2D eigenvalue weighted by Gasteiger charge is 2.50. The van der Waals surface area contributed by atoms with Gasteiger partial charge >= 0.3 is 12.1 Å². The number of likely N-dealkylation sites (N-methyl/N-ethyl adjacent to an activating group) is 1. The molecule has 11 heteroatoms. The van der Waals surface area contributed by atoms with Crippen molar-refractivity contribution in [2.24, 2.45) is 0 Å². The van der Waals surface area contributed by atoms with Gasteiger partial charge in [-0.1, -0.05) is 11.6 Å². The number of methoxy groups -OCH3 is 1. The van der Waals surface area contributed by atoms with E-state index in [9.17, 15) is 14.4 Å². The number of carbonyl (C=O) groups is 3. The van der Waals surface area contributed by atoms with Crippen LogP contribution in [0, 0.1) is 0 Å². The van der Waals surface area contributed by atoms with Crippen LogP contribution in [-0.4, -0.2) is 73.7 Å². The smallest absolute Gasteiger partial charge is 0.409 e. The Bertz CT molecular complexity index is 1070. The van der Waals surface area contributed by atoms with Crippen LogP contribution in [0.4, 0.5) is 20.4 Å². The van der Waals surface area contributed by atoms with E-state index >= 15 is 0 Å². The number of carbonyl (C=O) groups excluding carboxylic acids is 3. The first-order valence-electron chi connectivity index (χ1n) is 10.1. The highest BCUT2D eigenvalue weighted by Crippen LogP contribution is 2.47. The van der Waals surface area contributed by atoms with Crippen LogP contribution in [0.15, 0.2) is 23.6 Å². The van der Waals surface area contributed by atoms with Gasteiger partial charge in [-0.05, 0) is 30.2 Å². The van der Waals surface area contributed by atoms with Crippen molar-refractivity contribution in [3.8, 4) is 0 Å². The molecule has 0 aliphatic carbocycles. The molecule has 1 fully saturated rings. The van der Waals surface area contributed by atoms with Gasteiger partial charge in [-0.25, -0.2) is 14.6 Å². The second-order valence-electron chi connectivity index (χ2n) is 8.21. The van der Waals surface area contributed by atoms with Crippen molar-refractivity contribution in [3.05, 3.63) is 39.9 Å². The molecule has 1 aromatic heterocycles. The number of anilines is 2. The topological polar surface area (TPSA) is 95.1 Å². The Balaban J connectivity index is 1.53. The predicted octanol–water partition coefficient (Wildman–Crippen LogP) is 3.19. The monoisotopic (exact) mass is 477 g/mol.